The van der Waals surface area contributed by atoms with Crippen LogP contribution in [0.25, 0.3) is 5.76 Å². The average molecular weight is 450 g/mol. The lowest BCUT2D eigenvalue weighted by molar-refractivity contribution is -0.132. The first-order valence-corrected chi connectivity index (χ1v) is 11.1. The van der Waals surface area contributed by atoms with Crippen molar-refractivity contribution in [3.05, 3.63) is 81.6 Å². The molecule has 1 aromatic heterocycles. The van der Waals surface area contributed by atoms with Gasteiger partial charge in [-0.15, -0.1) is 11.3 Å². The van der Waals surface area contributed by atoms with E-state index >= 15 is 0 Å². The van der Waals surface area contributed by atoms with Crippen molar-refractivity contribution >= 4 is 34.5 Å². The monoisotopic (exact) mass is 449 g/mol. The fourth-order valence-corrected chi connectivity index (χ4v) is 4.65. The topological polar surface area (TPSA) is 76.1 Å². The Hall–Kier alpha value is -3.58. The third-order valence-electron chi connectivity index (χ3n) is 5.36. The van der Waals surface area contributed by atoms with Gasteiger partial charge in [0, 0.05) is 16.1 Å². The number of rotatable bonds is 6. The maximum absolute atomic E-state index is 13.1. The molecule has 164 valence electrons. The third-order valence-corrected chi connectivity index (χ3v) is 6.28. The largest absolute Gasteiger partial charge is 0.507 e. The number of aryl methyl sites for hydroxylation is 1. The van der Waals surface area contributed by atoms with Crippen LogP contribution in [0.1, 0.15) is 29.0 Å². The molecule has 1 aliphatic rings. The highest BCUT2D eigenvalue weighted by atomic mass is 32.1. The van der Waals surface area contributed by atoms with E-state index < -0.39 is 17.7 Å². The molecule has 1 fully saturated rings. The predicted molar refractivity (Wildman–Crippen MR) is 124 cm³/mol. The zero-order chi connectivity index (χ0) is 22.8. The van der Waals surface area contributed by atoms with Crippen LogP contribution in [0.2, 0.25) is 0 Å². The highest BCUT2D eigenvalue weighted by Gasteiger charge is 2.47. The van der Waals surface area contributed by atoms with Gasteiger partial charge in [-0.25, -0.2) is 0 Å². The molecule has 1 amide bonds. The van der Waals surface area contributed by atoms with E-state index in [2.05, 4.69) is 0 Å². The van der Waals surface area contributed by atoms with Crippen molar-refractivity contribution < 1.29 is 24.2 Å². The molecule has 0 spiro atoms. The maximum atomic E-state index is 13.1. The van der Waals surface area contributed by atoms with E-state index in [0.29, 0.717) is 29.4 Å². The number of nitrogens with zero attached hydrogens (tertiary/aromatic N) is 1. The highest BCUT2D eigenvalue weighted by Crippen LogP contribution is 2.44. The number of benzene rings is 2. The van der Waals surface area contributed by atoms with Gasteiger partial charge in [0.1, 0.15) is 23.3 Å². The average Bonchev–Trinajstić information content (AvgIpc) is 3.42. The van der Waals surface area contributed by atoms with E-state index in [0.717, 1.165) is 10.4 Å². The van der Waals surface area contributed by atoms with Crippen molar-refractivity contribution in [2.45, 2.75) is 19.9 Å². The Balaban J connectivity index is 1.85. The summed E-state index contributed by atoms with van der Waals surface area (Å²) in [4.78, 5) is 28.4. The van der Waals surface area contributed by atoms with Gasteiger partial charge in [-0.2, -0.15) is 0 Å². The molecule has 1 unspecified atom stereocenters. The first-order valence-electron chi connectivity index (χ1n) is 10.2. The summed E-state index contributed by atoms with van der Waals surface area (Å²) in [7, 11) is 1.56. The second-order valence-corrected chi connectivity index (χ2v) is 8.28. The summed E-state index contributed by atoms with van der Waals surface area (Å²) in [5.74, 6) is -0.259. The van der Waals surface area contributed by atoms with Crippen LogP contribution >= 0.6 is 11.3 Å². The molecule has 0 saturated carbocycles. The second-order valence-electron chi connectivity index (χ2n) is 7.30. The number of hydrogen-bond donors (Lipinski definition) is 1. The van der Waals surface area contributed by atoms with Crippen LogP contribution in [0.4, 0.5) is 5.69 Å². The Morgan fingerprint density at radius 3 is 2.47 bits per heavy atom. The Morgan fingerprint density at radius 2 is 1.88 bits per heavy atom. The van der Waals surface area contributed by atoms with E-state index in [1.54, 1.807) is 49.6 Å². The zero-order valence-electron chi connectivity index (χ0n) is 18.0. The summed E-state index contributed by atoms with van der Waals surface area (Å²) >= 11 is 1.42. The lowest BCUT2D eigenvalue weighted by atomic mass is 9.98. The molecule has 1 N–H and O–H groups in total. The van der Waals surface area contributed by atoms with E-state index in [4.69, 9.17) is 9.47 Å². The van der Waals surface area contributed by atoms with E-state index in [9.17, 15) is 14.7 Å². The van der Waals surface area contributed by atoms with Crippen LogP contribution in [-0.4, -0.2) is 30.5 Å². The fourth-order valence-electron chi connectivity index (χ4n) is 3.83. The Morgan fingerprint density at radius 1 is 1.12 bits per heavy atom. The van der Waals surface area contributed by atoms with Crippen LogP contribution in [0.5, 0.6) is 11.5 Å². The Labute approximate surface area is 190 Å². The highest BCUT2D eigenvalue weighted by molar-refractivity contribution is 7.10. The molecule has 0 bridgehead atoms. The number of Topliss-reactive ketones (excluding diaryl/α,β-unsaturated/α-hetero) is 1. The molecule has 6 nitrogen and oxygen atoms in total. The molecule has 1 atom stereocenters. The summed E-state index contributed by atoms with van der Waals surface area (Å²) in [6.07, 6.45) is 0. The number of anilines is 1. The first-order chi connectivity index (χ1) is 15.5. The molecule has 2 aromatic carbocycles. The Bertz CT molecular complexity index is 1180. The molecule has 1 aliphatic heterocycles. The van der Waals surface area contributed by atoms with Gasteiger partial charge in [0.05, 0.1) is 19.3 Å². The second kappa shape index (κ2) is 8.88. The van der Waals surface area contributed by atoms with Gasteiger partial charge in [0.25, 0.3) is 11.7 Å². The number of aliphatic hydroxyl groups excluding tert-OH is 1. The van der Waals surface area contributed by atoms with Crippen LogP contribution in [0, 0.1) is 6.92 Å². The number of carbonyl (C=O) groups is 2. The smallest absolute Gasteiger partial charge is 0.300 e. The van der Waals surface area contributed by atoms with Crippen LogP contribution in [0.3, 0.4) is 0 Å². The normalized spacial score (nSPS) is 17.6. The van der Waals surface area contributed by atoms with Gasteiger partial charge in [-0.3, -0.25) is 14.5 Å². The molecule has 0 radical (unpaired) electrons. The lowest BCUT2D eigenvalue weighted by Gasteiger charge is -2.24. The number of aliphatic hydroxyl groups is 1. The standard InChI is InChI=1S/C25H23NO5S/c1-4-31-19-12-7-16(14-15(19)2)23(27)21-22(20-6-5-13-32-20)26(25(29)24(21)28)17-8-10-18(30-3)11-9-17/h5-14,22,27H,4H2,1-3H3/b23-21-. The molecular formula is C25H23NO5S. The molecule has 3 aromatic rings. The number of thiophene rings is 1. The predicted octanol–water partition coefficient (Wildman–Crippen LogP) is 5.09. The zero-order valence-corrected chi connectivity index (χ0v) is 18.8. The maximum Gasteiger partial charge on any atom is 0.300 e. The van der Waals surface area contributed by atoms with Gasteiger partial charge in [-0.05, 0) is 73.3 Å². The van der Waals surface area contributed by atoms with Gasteiger partial charge in [0.15, 0.2) is 0 Å². The summed E-state index contributed by atoms with van der Waals surface area (Å²) in [6.45, 7) is 4.29. The van der Waals surface area contributed by atoms with E-state index in [1.807, 2.05) is 31.4 Å². The number of hydrogen-bond acceptors (Lipinski definition) is 6. The summed E-state index contributed by atoms with van der Waals surface area (Å²) < 4.78 is 10.8. The van der Waals surface area contributed by atoms with Gasteiger partial charge in [0.2, 0.25) is 0 Å². The van der Waals surface area contributed by atoms with Crippen molar-refractivity contribution in [3.63, 3.8) is 0 Å². The van der Waals surface area contributed by atoms with Crippen molar-refractivity contribution in [3.8, 4) is 11.5 Å². The van der Waals surface area contributed by atoms with Crippen molar-refractivity contribution in [1.82, 2.24) is 0 Å². The number of amides is 1. The van der Waals surface area contributed by atoms with Gasteiger partial charge >= 0.3 is 0 Å². The number of carbonyl (C=O) groups excluding carboxylic acids is 2. The summed E-state index contributed by atoms with van der Waals surface area (Å²) in [6, 6.07) is 15.1. The lowest BCUT2D eigenvalue weighted by Crippen LogP contribution is -2.29. The Kier molecular flexibility index (Phi) is 6.01. The van der Waals surface area contributed by atoms with E-state index in [-0.39, 0.29) is 11.3 Å². The molecule has 4 rings (SSSR count). The minimum Gasteiger partial charge on any atom is -0.507 e. The van der Waals surface area contributed by atoms with Crippen LogP contribution in [0.15, 0.2) is 65.6 Å². The molecule has 0 aliphatic carbocycles. The van der Waals surface area contributed by atoms with Gasteiger partial charge < -0.3 is 14.6 Å². The quantitative estimate of drug-likeness (QED) is 0.322. The van der Waals surface area contributed by atoms with Crippen molar-refractivity contribution in [1.29, 1.82) is 0 Å². The summed E-state index contributed by atoms with van der Waals surface area (Å²) in [5.41, 5.74) is 1.90. The number of ketones is 1. The molecule has 2 heterocycles. The summed E-state index contributed by atoms with van der Waals surface area (Å²) in [5, 5.41) is 13.1. The third kappa shape index (κ3) is 3.76. The molecule has 32 heavy (non-hydrogen) atoms. The number of ether oxygens (including phenoxy) is 2. The van der Waals surface area contributed by atoms with Crippen LogP contribution in [-0.2, 0) is 9.59 Å². The fraction of sp³-hybridized carbons (Fsp3) is 0.200. The first kappa shape index (κ1) is 21.6. The molecule has 7 heteroatoms. The van der Waals surface area contributed by atoms with Crippen LogP contribution < -0.4 is 14.4 Å². The minimum absolute atomic E-state index is 0.0665. The van der Waals surface area contributed by atoms with Gasteiger partial charge in [-0.1, -0.05) is 6.07 Å². The van der Waals surface area contributed by atoms with Crippen molar-refractivity contribution in [2.75, 3.05) is 18.6 Å². The van der Waals surface area contributed by atoms with E-state index in [1.165, 1.54) is 16.2 Å². The molecule has 1 saturated heterocycles. The van der Waals surface area contributed by atoms with Crippen molar-refractivity contribution in [2.24, 2.45) is 0 Å². The SMILES string of the molecule is CCOc1ccc(/C(O)=C2/C(=O)C(=O)N(c3ccc(OC)cc3)C2c2cccs2)cc1C. The molecular weight excluding hydrogens is 426 g/mol. The minimum atomic E-state index is -0.727. The number of methoxy groups -OCH3 is 1.